The summed E-state index contributed by atoms with van der Waals surface area (Å²) in [5.41, 5.74) is 2.19. The maximum Gasteiger partial charge on any atom is 0.257 e. The first-order valence-corrected chi connectivity index (χ1v) is 6.61. The average molecular weight is 266 g/mol. The Labute approximate surface area is 112 Å². The number of unbranched alkanes of at least 4 members (excludes halogenated alkanes) is 1. The Balaban J connectivity index is 2.21. The van der Waals surface area contributed by atoms with Crippen LogP contribution in [0.1, 0.15) is 43.0 Å². The molecule has 1 heterocycles. The largest absolute Gasteiger partial charge is 0.336 e. The molecular formula is C13H19FN4O. The van der Waals surface area contributed by atoms with Crippen molar-refractivity contribution in [3.05, 3.63) is 23.6 Å². The second-order valence-corrected chi connectivity index (χ2v) is 4.75. The van der Waals surface area contributed by atoms with E-state index in [9.17, 15) is 9.18 Å². The van der Waals surface area contributed by atoms with E-state index >= 15 is 0 Å². The Morgan fingerprint density at radius 1 is 1.63 bits per heavy atom. The lowest BCUT2D eigenvalue weighted by Crippen LogP contribution is -2.34. The van der Waals surface area contributed by atoms with Crippen molar-refractivity contribution in [3.8, 4) is 0 Å². The van der Waals surface area contributed by atoms with Crippen molar-refractivity contribution in [1.82, 2.24) is 9.88 Å². The molecule has 5 nitrogen and oxygen atoms in total. The lowest BCUT2D eigenvalue weighted by atomic mass is 10.2. The predicted molar refractivity (Wildman–Crippen MR) is 71.0 cm³/mol. The standard InChI is InChI=1S/C13H19FN4O/c1-2-3-8-18(9-4-5-9)13(19)10-6-7-16-12(17-15)11(10)14/h6-7,9H,2-5,8,15H2,1H3,(H,16,17). The Morgan fingerprint density at radius 2 is 2.37 bits per heavy atom. The highest BCUT2D eigenvalue weighted by Gasteiger charge is 2.33. The molecule has 0 aromatic carbocycles. The Morgan fingerprint density at radius 3 is 2.95 bits per heavy atom. The minimum absolute atomic E-state index is 0.0333. The van der Waals surface area contributed by atoms with E-state index in [0.29, 0.717) is 6.54 Å². The summed E-state index contributed by atoms with van der Waals surface area (Å²) in [5.74, 6) is 4.12. The van der Waals surface area contributed by atoms with E-state index in [1.165, 1.54) is 12.3 Å². The normalized spacial score (nSPS) is 14.3. The van der Waals surface area contributed by atoms with E-state index in [2.05, 4.69) is 17.3 Å². The topological polar surface area (TPSA) is 71.2 Å². The van der Waals surface area contributed by atoms with E-state index in [-0.39, 0.29) is 23.3 Å². The van der Waals surface area contributed by atoms with Crippen molar-refractivity contribution < 1.29 is 9.18 Å². The number of pyridine rings is 1. The summed E-state index contributed by atoms with van der Waals surface area (Å²) in [7, 11) is 0. The molecule has 0 radical (unpaired) electrons. The van der Waals surface area contributed by atoms with Crippen LogP contribution in [0.4, 0.5) is 10.2 Å². The van der Waals surface area contributed by atoms with Gasteiger partial charge in [-0.1, -0.05) is 13.3 Å². The van der Waals surface area contributed by atoms with Crippen LogP contribution in [-0.4, -0.2) is 28.4 Å². The van der Waals surface area contributed by atoms with Crippen LogP contribution in [0.2, 0.25) is 0 Å². The van der Waals surface area contributed by atoms with Crippen LogP contribution in [0.3, 0.4) is 0 Å². The summed E-state index contributed by atoms with van der Waals surface area (Å²) >= 11 is 0. The van der Waals surface area contributed by atoms with Crippen molar-refractivity contribution in [2.75, 3.05) is 12.0 Å². The maximum absolute atomic E-state index is 14.0. The van der Waals surface area contributed by atoms with Crippen LogP contribution in [-0.2, 0) is 0 Å². The molecule has 0 unspecified atom stereocenters. The van der Waals surface area contributed by atoms with Crippen molar-refractivity contribution in [1.29, 1.82) is 0 Å². The monoisotopic (exact) mass is 266 g/mol. The lowest BCUT2D eigenvalue weighted by molar-refractivity contribution is 0.0736. The van der Waals surface area contributed by atoms with Gasteiger partial charge in [0.15, 0.2) is 11.6 Å². The molecule has 1 aromatic heterocycles. The van der Waals surface area contributed by atoms with Gasteiger partial charge in [0.05, 0.1) is 5.56 Å². The number of aromatic nitrogens is 1. The predicted octanol–water partition coefficient (Wildman–Crippen LogP) is 1.91. The highest BCUT2D eigenvalue weighted by Crippen LogP contribution is 2.29. The number of hydrogen-bond donors (Lipinski definition) is 2. The number of nitrogens with zero attached hydrogens (tertiary/aromatic N) is 2. The number of nitrogens with one attached hydrogen (secondary N) is 1. The molecule has 1 fully saturated rings. The highest BCUT2D eigenvalue weighted by atomic mass is 19.1. The highest BCUT2D eigenvalue weighted by molar-refractivity contribution is 5.95. The molecule has 1 aliphatic rings. The number of nitrogens with two attached hydrogens (primary N) is 1. The summed E-state index contributed by atoms with van der Waals surface area (Å²) in [6.45, 7) is 2.74. The summed E-state index contributed by atoms with van der Waals surface area (Å²) < 4.78 is 14.0. The van der Waals surface area contributed by atoms with Crippen molar-refractivity contribution >= 4 is 11.7 Å². The average Bonchev–Trinajstić information content (AvgIpc) is 3.24. The minimum atomic E-state index is -0.683. The number of hydrogen-bond acceptors (Lipinski definition) is 4. The molecule has 2 rings (SSSR count). The van der Waals surface area contributed by atoms with Gasteiger partial charge >= 0.3 is 0 Å². The second kappa shape index (κ2) is 5.97. The molecule has 1 aliphatic carbocycles. The van der Waals surface area contributed by atoms with Gasteiger partial charge in [-0.05, 0) is 25.3 Å². The number of halogens is 1. The SMILES string of the molecule is CCCCN(C(=O)c1ccnc(NN)c1F)C1CC1. The number of anilines is 1. The molecule has 0 atom stereocenters. The van der Waals surface area contributed by atoms with Gasteiger partial charge in [0.25, 0.3) is 5.91 Å². The Bertz CT molecular complexity index is 462. The van der Waals surface area contributed by atoms with Crippen LogP contribution in [0.25, 0.3) is 0 Å². The summed E-state index contributed by atoms with van der Waals surface area (Å²) in [6.07, 6.45) is 5.33. The summed E-state index contributed by atoms with van der Waals surface area (Å²) in [4.78, 5) is 17.9. The fourth-order valence-corrected chi connectivity index (χ4v) is 2.03. The van der Waals surface area contributed by atoms with E-state index in [1.54, 1.807) is 4.90 Å². The number of hydrazine groups is 1. The van der Waals surface area contributed by atoms with E-state index in [1.807, 2.05) is 0 Å². The van der Waals surface area contributed by atoms with Crippen LogP contribution >= 0.6 is 0 Å². The van der Waals surface area contributed by atoms with Crippen LogP contribution in [0, 0.1) is 5.82 Å². The van der Waals surface area contributed by atoms with Crippen LogP contribution in [0.5, 0.6) is 0 Å². The first kappa shape index (κ1) is 13.7. The third kappa shape index (κ3) is 3.01. The zero-order valence-corrected chi connectivity index (χ0v) is 11.0. The van der Waals surface area contributed by atoms with Gasteiger partial charge in [-0.2, -0.15) is 0 Å². The van der Waals surface area contributed by atoms with E-state index in [0.717, 1.165) is 25.7 Å². The Kier molecular flexibility index (Phi) is 4.31. The summed E-state index contributed by atoms with van der Waals surface area (Å²) in [5, 5.41) is 0. The van der Waals surface area contributed by atoms with E-state index in [4.69, 9.17) is 5.84 Å². The summed E-state index contributed by atoms with van der Waals surface area (Å²) in [6, 6.07) is 1.67. The molecule has 1 aromatic rings. The second-order valence-electron chi connectivity index (χ2n) is 4.75. The minimum Gasteiger partial charge on any atom is -0.336 e. The fraction of sp³-hybridized carbons (Fsp3) is 0.538. The van der Waals surface area contributed by atoms with Gasteiger partial charge in [0.1, 0.15) is 0 Å². The molecule has 0 bridgehead atoms. The molecule has 0 spiro atoms. The number of amides is 1. The van der Waals surface area contributed by atoms with Crippen molar-refractivity contribution in [2.24, 2.45) is 5.84 Å². The lowest BCUT2D eigenvalue weighted by Gasteiger charge is -2.22. The third-order valence-electron chi connectivity index (χ3n) is 3.26. The van der Waals surface area contributed by atoms with Gasteiger partial charge in [-0.15, -0.1) is 0 Å². The molecule has 1 saturated carbocycles. The number of carbonyl (C=O) groups is 1. The number of nitrogen functional groups attached to an aromatic ring is 1. The van der Waals surface area contributed by atoms with Gasteiger partial charge in [-0.25, -0.2) is 15.2 Å². The number of carbonyl (C=O) groups excluding carboxylic acids is 1. The van der Waals surface area contributed by atoms with Gasteiger partial charge in [-0.3, -0.25) is 4.79 Å². The zero-order valence-electron chi connectivity index (χ0n) is 11.0. The van der Waals surface area contributed by atoms with E-state index < -0.39 is 5.82 Å². The molecule has 1 amide bonds. The van der Waals surface area contributed by atoms with Gasteiger partial charge in [0, 0.05) is 18.8 Å². The van der Waals surface area contributed by atoms with Gasteiger partial charge < -0.3 is 10.3 Å². The van der Waals surface area contributed by atoms with Crippen molar-refractivity contribution in [2.45, 2.75) is 38.6 Å². The molecule has 104 valence electrons. The zero-order chi connectivity index (χ0) is 13.8. The first-order valence-electron chi connectivity index (χ1n) is 6.61. The smallest absolute Gasteiger partial charge is 0.257 e. The van der Waals surface area contributed by atoms with Crippen LogP contribution < -0.4 is 11.3 Å². The third-order valence-corrected chi connectivity index (χ3v) is 3.26. The quantitative estimate of drug-likeness (QED) is 0.609. The fourth-order valence-electron chi connectivity index (χ4n) is 2.03. The first-order chi connectivity index (χ1) is 9.19. The van der Waals surface area contributed by atoms with Gasteiger partial charge in [0.2, 0.25) is 0 Å². The number of rotatable bonds is 6. The van der Waals surface area contributed by atoms with Crippen LogP contribution in [0.15, 0.2) is 12.3 Å². The van der Waals surface area contributed by atoms with Crippen molar-refractivity contribution in [3.63, 3.8) is 0 Å². The molecule has 19 heavy (non-hydrogen) atoms. The maximum atomic E-state index is 14.0. The molecule has 0 saturated heterocycles. The molecule has 3 N–H and O–H groups in total. The Hall–Kier alpha value is -1.69. The molecular weight excluding hydrogens is 247 g/mol. The molecule has 0 aliphatic heterocycles. The molecule has 6 heteroatoms.